The quantitative estimate of drug-likeness (QED) is 0.307. The second kappa shape index (κ2) is 8.55. The molecule has 0 fully saturated rings. The van der Waals surface area contributed by atoms with Crippen LogP contribution in [0.25, 0.3) is 12.2 Å². The standard InChI is InChI=1S/C20H10F12/c21-17(22,23)13-5-11(6-14(9-13)18(24,25)26)3-1-2-4-12-7-15(19(27,28)29)10-16(8-12)20(30,31)32/h1-10H/b3-1+,4-2+. The van der Waals surface area contributed by atoms with Crippen LogP contribution in [0.1, 0.15) is 33.4 Å². The Morgan fingerprint density at radius 1 is 0.375 bits per heavy atom. The minimum Gasteiger partial charge on any atom is -0.166 e. The van der Waals surface area contributed by atoms with E-state index in [0.29, 0.717) is 24.3 Å². The molecule has 0 saturated heterocycles. The molecule has 0 atom stereocenters. The number of allylic oxidation sites excluding steroid dienone is 2. The van der Waals surface area contributed by atoms with E-state index < -0.39 is 58.1 Å². The Hall–Kier alpha value is -2.92. The van der Waals surface area contributed by atoms with E-state index in [0.717, 1.165) is 24.3 Å². The van der Waals surface area contributed by atoms with Gasteiger partial charge in [0.1, 0.15) is 0 Å². The fraction of sp³-hybridized carbons (Fsp3) is 0.200. The van der Waals surface area contributed by atoms with Crippen LogP contribution in [0.4, 0.5) is 52.7 Å². The van der Waals surface area contributed by atoms with Crippen LogP contribution in [0.5, 0.6) is 0 Å². The fourth-order valence-corrected chi connectivity index (χ4v) is 2.48. The minimum atomic E-state index is -5.08. The van der Waals surface area contributed by atoms with Gasteiger partial charge in [0, 0.05) is 0 Å². The molecular weight excluding hydrogens is 468 g/mol. The predicted molar refractivity (Wildman–Crippen MR) is 91.0 cm³/mol. The van der Waals surface area contributed by atoms with Crippen LogP contribution < -0.4 is 0 Å². The SMILES string of the molecule is FC(F)(F)c1cc(/C=C/C=C/c2cc(C(F)(F)F)cc(C(F)(F)F)c2)cc(C(F)(F)F)c1. The Morgan fingerprint density at radius 3 is 0.781 bits per heavy atom. The van der Waals surface area contributed by atoms with Crippen molar-refractivity contribution in [1.82, 2.24) is 0 Å². The van der Waals surface area contributed by atoms with E-state index in [-0.39, 0.29) is 12.1 Å². The van der Waals surface area contributed by atoms with Crippen molar-refractivity contribution in [2.24, 2.45) is 0 Å². The van der Waals surface area contributed by atoms with Crippen LogP contribution in [-0.2, 0) is 24.7 Å². The lowest BCUT2D eigenvalue weighted by molar-refractivity contribution is -0.144. The second-order valence-corrected chi connectivity index (χ2v) is 6.40. The summed E-state index contributed by atoms with van der Waals surface area (Å²) in [6.07, 6.45) is -17.0. The summed E-state index contributed by atoms with van der Waals surface area (Å²) in [5.41, 5.74) is -7.38. The maximum atomic E-state index is 12.8. The molecule has 2 rings (SSSR count). The van der Waals surface area contributed by atoms with Gasteiger partial charge in [0.25, 0.3) is 0 Å². The van der Waals surface area contributed by atoms with Crippen molar-refractivity contribution >= 4 is 12.2 Å². The number of benzene rings is 2. The van der Waals surface area contributed by atoms with Crippen LogP contribution in [0, 0.1) is 0 Å². The number of hydrogen-bond acceptors (Lipinski definition) is 0. The fourth-order valence-electron chi connectivity index (χ4n) is 2.48. The molecule has 174 valence electrons. The molecule has 0 amide bonds. The smallest absolute Gasteiger partial charge is 0.166 e. The third kappa shape index (κ3) is 6.79. The first-order valence-electron chi connectivity index (χ1n) is 8.31. The summed E-state index contributed by atoms with van der Waals surface area (Å²) in [7, 11) is 0. The van der Waals surface area contributed by atoms with Gasteiger partial charge < -0.3 is 0 Å². The summed E-state index contributed by atoms with van der Waals surface area (Å²) in [6.45, 7) is 0. The lowest BCUT2D eigenvalue weighted by atomic mass is 10.0. The molecule has 0 aliphatic carbocycles. The Morgan fingerprint density at radius 2 is 0.594 bits per heavy atom. The Balaban J connectivity index is 2.40. The molecule has 0 unspecified atom stereocenters. The summed E-state index contributed by atoms with van der Waals surface area (Å²) in [4.78, 5) is 0. The summed E-state index contributed by atoms with van der Waals surface area (Å²) < 4.78 is 154. The van der Waals surface area contributed by atoms with E-state index in [2.05, 4.69) is 0 Å². The van der Waals surface area contributed by atoms with Gasteiger partial charge in [0.05, 0.1) is 22.3 Å². The zero-order chi connectivity index (χ0) is 24.5. The van der Waals surface area contributed by atoms with E-state index in [4.69, 9.17) is 0 Å². The van der Waals surface area contributed by atoms with Gasteiger partial charge in [-0.25, -0.2) is 0 Å². The molecule has 0 aromatic heterocycles. The molecule has 2 aromatic rings. The molecule has 0 heterocycles. The average molecular weight is 478 g/mol. The highest BCUT2D eigenvalue weighted by atomic mass is 19.4. The predicted octanol–water partition coefficient (Wildman–Crippen LogP) is 8.49. The van der Waals surface area contributed by atoms with Crippen molar-refractivity contribution in [3.8, 4) is 0 Å². The molecule has 2 aromatic carbocycles. The monoisotopic (exact) mass is 478 g/mol. The Labute approximate surface area is 172 Å². The first-order valence-corrected chi connectivity index (χ1v) is 8.31. The third-order valence-electron chi connectivity index (χ3n) is 3.91. The summed E-state index contributed by atoms with van der Waals surface area (Å²) in [6, 6.07) is 1.46. The normalized spacial score (nSPS) is 14.0. The van der Waals surface area contributed by atoms with Gasteiger partial charge in [0.2, 0.25) is 0 Å². The van der Waals surface area contributed by atoms with Crippen LogP contribution in [0.2, 0.25) is 0 Å². The number of rotatable bonds is 3. The molecule has 0 spiro atoms. The van der Waals surface area contributed by atoms with E-state index >= 15 is 0 Å². The van der Waals surface area contributed by atoms with Gasteiger partial charge in [-0.15, -0.1) is 0 Å². The molecule has 0 nitrogen and oxygen atoms in total. The van der Waals surface area contributed by atoms with E-state index in [1.54, 1.807) is 0 Å². The van der Waals surface area contributed by atoms with Crippen molar-refractivity contribution < 1.29 is 52.7 Å². The maximum Gasteiger partial charge on any atom is 0.416 e. The summed E-state index contributed by atoms with van der Waals surface area (Å²) in [5, 5.41) is 0. The molecule has 0 radical (unpaired) electrons. The van der Waals surface area contributed by atoms with Crippen molar-refractivity contribution in [2.45, 2.75) is 24.7 Å². The van der Waals surface area contributed by atoms with Crippen molar-refractivity contribution in [2.75, 3.05) is 0 Å². The summed E-state index contributed by atoms with van der Waals surface area (Å²) >= 11 is 0. The minimum absolute atomic E-state index is 0.0888. The zero-order valence-corrected chi connectivity index (χ0v) is 15.3. The van der Waals surface area contributed by atoms with Gasteiger partial charge in [0.15, 0.2) is 0 Å². The highest BCUT2D eigenvalue weighted by Crippen LogP contribution is 2.38. The lowest BCUT2D eigenvalue weighted by Crippen LogP contribution is -2.11. The van der Waals surface area contributed by atoms with Crippen LogP contribution in [-0.4, -0.2) is 0 Å². The number of halogens is 12. The topological polar surface area (TPSA) is 0 Å². The molecule has 0 bridgehead atoms. The zero-order valence-electron chi connectivity index (χ0n) is 15.3. The summed E-state index contributed by atoms with van der Waals surface area (Å²) in [5.74, 6) is 0. The Kier molecular flexibility index (Phi) is 6.77. The maximum absolute atomic E-state index is 12.8. The number of hydrogen-bond donors (Lipinski definition) is 0. The third-order valence-corrected chi connectivity index (χ3v) is 3.91. The van der Waals surface area contributed by atoms with Crippen molar-refractivity contribution in [1.29, 1.82) is 0 Å². The van der Waals surface area contributed by atoms with Gasteiger partial charge in [-0.05, 0) is 47.5 Å². The first kappa shape index (κ1) is 25.3. The average Bonchev–Trinajstić information content (AvgIpc) is 2.62. The molecular formula is C20H10F12. The van der Waals surface area contributed by atoms with Crippen molar-refractivity contribution in [3.05, 3.63) is 81.9 Å². The van der Waals surface area contributed by atoms with E-state index in [9.17, 15) is 52.7 Å². The molecule has 32 heavy (non-hydrogen) atoms. The van der Waals surface area contributed by atoms with Gasteiger partial charge in [-0.2, -0.15) is 52.7 Å². The van der Waals surface area contributed by atoms with Crippen LogP contribution in [0.3, 0.4) is 0 Å². The lowest BCUT2D eigenvalue weighted by Gasteiger charge is -2.13. The van der Waals surface area contributed by atoms with Crippen LogP contribution in [0.15, 0.2) is 48.6 Å². The van der Waals surface area contributed by atoms with Crippen LogP contribution >= 0.6 is 0 Å². The number of alkyl halides is 12. The van der Waals surface area contributed by atoms with E-state index in [1.807, 2.05) is 0 Å². The first-order chi connectivity index (χ1) is 14.4. The largest absolute Gasteiger partial charge is 0.416 e. The highest BCUT2D eigenvalue weighted by Gasteiger charge is 2.37. The molecule has 0 saturated carbocycles. The van der Waals surface area contributed by atoms with Gasteiger partial charge in [-0.1, -0.05) is 24.3 Å². The Bertz CT molecular complexity index is 867. The molecule has 0 N–H and O–H groups in total. The van der Waals surface area contributed by atoms with Crippen molar-refractivity contribution in [3.63, 3.8) is 0 Å². The molecule has 0 aliphatic heterocycles. The second-order valence-electron chi connectivity index (χ2n) is 6.40. The van der Waals surface area contributed by atoms with Gasteiger partial charge in [-0.3, -0.25) is 0 Å². The molecule has 12 heteroatoms. The highest BCUT2D eigenvalue weighted by molar-refractivity contribution is 5.59. The molecule has 0 aliphatic rings. The van der Waals surface area contributed by atoms with E-state index in [1.165, 1.54) is 0 Å². The van der Waals surface area contributed by atoms with Gasteiger partial charge >= 0.3 is 24.7 Å².